The van der Waals surface area contributed by atoms with Crippen molar-refractivity contribution in [3.63, 3.8) is 0 Å². The Morgan fingerprint density at radius 3 is 2.48 bits per heavy atom. The quantitative estimate of drug-likeness (QED) is 0.605. The van der Waals surface area contributed by atoms with Gasteiger partial charge in [-0.25, -0.2) is 4.90 Å². The van der Waals surface area contributed by atoms with Crippen LogP contribution in [0.2, 0.25) is 0 Å². The maximum atomic E-state index is 13.1. The van der Waals surface area contributed by atoms with Crippen LogP contribution in [0.4, 0.5) is 5.69 Å². The molecule has 2 amide bonds. The molecule has 0 unspecified atom stereocenters. The lowest BCUT2D eigenvalue weighted by molar-refractivity contribution is -0.123. The summed E-state index contributed by atoms with van der Waals surface area (Å²) in [5, 5.41) is 13.5. The number of hydrogen-bond acceptors (Lipinski definition) is 8. The molecule has 9 heteroatoms. The number of benzene rings is 2. The fourth-order valence-electron chi connectivity index (χ4n) is 3.76. The topological polar surface area (TPSA) is 104 Å². The second kappa shape index (κ2) is 7.12. The number of nitrogens with zero attached hydrogens (tertiary/aromatic N) is 6. The normalized spacial score (nSPS) is 20.1. The van der Waals surface area contributed by atoms with E-state index in [1.807, 2.05) is 51.1 Å². The third kappa shape index (κ3) is 3.18. The van der Waals surface area contributed by atoms with E-state index in [0.717, 1.165) is 16.7 Å². The predicted molar refractivity (Wildman–Crippen MR) is 111 cm³/mol. The highest BCUT2D eigenvalue weighted by molar-refractivity contribution is 6.25. The van der Waals surface area contributed by atoms with Gasteiger partial charge in [0.15, 0.2) is 12.1 Å². The van der Waals surface area contributed by atoms with Gasteiger partial charge in [-0.15, -0.1) is 0 Å². The number of carbonyl (C=O) groups is 2. The molecular formula is C22H20N6O3. The predicted octanol–water partition coefficient (Wildman–Crippen LogP) is 3.16. The van der Waals surface area contributed by atoms with Gasteiger partial charge in [-0.05, 0) is 50.1 Å². The first-order valence-corrected chi connectivity index (χ1v) is 9.94. The van der Waals surface area contributed by atoms with Crippen molar-refractivity contribution in [2.24, 2.45) is 10.3 Å². The first-order chi connectivity index (χ1) is 14.9. The van der Waals surface area contributed by atoms with Gasteiger partial charge in [0.2, 0.25) is 11.7 Å². The van der Waals surface area contributed by atoms with E-state index >= 15 is 0 Å². The van der Waals surface area contributed by atoms with Crippen molar-refractivity contribution in [1.29, 1.82) is 0 Å². The molecule has 1 fully saturated rings. The second-order valence-electron chi connectivity index (χ2n) is 7.85. The van der Waals surface area contributed by atoms with Gasteiger partial charge in [0.05, 0.1) is 5.69 Å². The molecule has 156 valence electrons. The third-order valence-corrected chi connectivity index (χ3v) is 5.68. The van der Waals surface area contributed by atoms with Gasteiger partial charge in [0.25, 0.3) is 11.8 Å². The minimum absolute atomic E-state index is 0.0866. The van der Waals surface area contributed by atoms with Crippen LogP contribution in [0.25, 0.3) is 11.4 Å². The number of amides is 2. The number of carbonyl (C=O) groups excluding carboxylic acids is 2. The lowest BCUT2D eigenvalue weighted by Crippen LogP contribution is -2.39. The van der Waals surface area contributed by atoms with Crippen molar-refractivity contribution in [3.8, 4) is 11.4 Å². The SMILES string of the molecule is Cc1ccc(N2C(=O)[C@H]3N=NN(Cc4nc(-c5ccc(C)c(C)c5)no4)[C@@H]3C2=O)cc1. The largest absolute Gasteiger partial charge is 0.337 e. The molecule has 2 aliphatic rings. The number of rotatable bonds is 4. The van der Waals surface area contributed by atoms with Gasteiger partial charge >= 0.3 is 0 Å². The lowest BCUT2D eigenvalue weighted by atomic mass is 10.1. The fourth-order valence-corrected chi connectivity index (χ4v) is 3.76. The molecule has 2 atom stereocenters. The zero-order valence-corrected chi connectivity index (χ0v) is 17.3. The molecule has 0 N–H and O–H groups in total. The maximum Gasteiger partial charge on any atom is 0.263 e. The number of fused-ring (bicyclic) bond motifs is 1. The van der Waals surface area contributed by atoms with Crippen molar-refractivity contribution < 1.29 is 14.1 Å². The first-order valence-electron chi connectivity index (χ1n) is 9.94. The average Bonchev–Trinajstić information content (AvgIpc) is 3.44. The van der Waals surface area contributed by atoms with E-state index in [0.29, 0.717) is 17.4 Å². The van der Waals surface area contributed by atoms with E-state index in [9.17, 15) is 9.59 Å². The molecular weight excluding hydrogens is 396 g/mol. The minimum atomic E-state index is -0.865. The minimum Gasteiger partial charge on any atom is -0.337 e. The zero-order chi connectivity index (χ0) is 21.7. The van der Waals surface area contributed by atoms with E-state index in [2.05, 4.69) is 20.5 Å². The van der Waals surface area contributed by atoms with Crippen LogP contribution in [0, 0.1) is 20.8 Å². The van der Waals surface area contributed by atoms with Crippen LogP contribution < -0.4 is 4.90 Å². The Labute approximate surface area is 178 Å². The Bertz CT molecular complexity index is 1220. The van der Waals surface area contributed by atoms with Crippen LogP contribution in [0.5, 0.6) is 0 Å². The molecule has 2 aliphatic heterocycles. The molecule has 1 saturated heterocycles. The Hall–Kier alpha value is -3.88. The van der Waals surface area contributed by atoms with E-state index in [4.69, 9.17) is 4.52 Å². The molecule has 0 bridgehead atoms. The van der Waals surface area contributed by atoms with Crippen molar-refractivity contribution in [2.45, 2.75) is 39.4 Å². The average molecular weight is 416 g/mol. The van der Waals surface area contributed by atoms with Crippen molar-refractivity contribution in [2.75, 3.05) is 4.90 Å². The summed E-state index contributed by atoms with van der Waals surface area (Å²) in [4.78, 5) is 31.5. The zero-order valence-electron chi connectivity index (χ0n) is 17.3. The van der Waals surface area contributed by atoms with Crippen LogP contribution in [0.15, 0.2) is 57.3 Å². The van der Waals surface area contributed by atoms with Crippen molar-refractivity contribution in [1.82, 2.24) is 15.1 Å². The Morgan fingerprint density at radius 2 is 1.74 bits per heavy atom. The highest BCUT2D eigenvalue weighted by Gasteiger charge is 2.55. The van der Waals surface area contributed by atoms with E-state index < -0.39 is 12.1 Å². The molecule has 3 aromatic rings. The van der Waals surface area contributed by atoms with Gasteiger partial charge in [-0.3, -0.25) is 14.6 Å². The number of aryl methyl sites for hydroxylation is 3. The second-order valence-corrected chi connectivity index (χ2v) is 7.85. The fraction of sp³-hybridized carbons (Fsp3) is 0.273. The number of imide groups is 1. The van der Waals surface area contributed by atoms with Crippen LogP contribution in [0.1, 0.15) is 22.6 Å². The Kier molecular flexibility index (Phi) is 4.39. The summed E-state index contributed by atoms with van der Waals surface area (Å²) in [6.45, 7) is 6.09. The summed E-state index contributed by atoms with van der Waals surface area (Å²) in [6.07, 6.45) is 0. The molecule has 1 aromatic heterocycles. The molecule has 0 spiro atoms. The summed E-state index contributed by atoms with van der Waals surface area (Å²) in [6, 6.07) is 11.5. The van der Waals surface area contributed by atoms with Gasteiger partial charge in [0.1, 0.15) is 6.54 Å². The monoisotopic (exact) mass is 416 g/mol. The molecule has 0 aliphatic carbocycles. The summed E-state index contributed by atoms with van der Waals surface area (Å²) < 4.78 is 5.37. The van der Waals surface area contributed by atoms with Gasteiger partial charge in [-0.2, -0.15) is 10.1 Å². The lowest BCUT2D eigenvalue weighted by Gasteiger charge is -2.19. The van der Waals surface area contributed by atoms with Gasteiger partial charge in [0, 0.05) is 5.56 Å². The third-order valence-electron chi connectivity index (χ3n) is 5.68. The van der Waals surface area contributed by atoms with E-state index in [-0.39, 0.29) is 18.4 Å². The highest BCUT2D eigenvalue weighted by atomic mass is 16.5. The number of aromatic nitrogens is 2. The van der Waals surface area contributed by atoms with Crippen molar-refractivity contribution >= 4 is 17.5 Å². The molecule has 31 heavy (non-hydrogen) atoms. The molecule has 2 aromatic carbocycles. The van der Waals surface area contributed by atoms with Gasteiger partial charge < -0.3 is 4.52 Å². The van der Waals surface area contributed by atoms with E-state index in [1.54, 1.807) is 12.1 Å². The molecule has 9 nitrogen and oxygen atoms in total. The number of anilines is 1. The summed E-state index contributed by atoms with van der Waals surface area (Å²) >= 11 is 0. The molecule has 3 heterocycles. The maximum absolute atomic E-state index is 13.1. The molecule has 0 saturated carbocycles. The Balaban J connectivity index is 1.36. The van der Waals surface area contributed by atoms with Crippen LogP contribution in [0.3, 0.4) is 0 Å². The van der Waals surface area contributed by atoms with Gasteiger partial charge in [-0.1, -0.05) is 40.2 Å². The first kappa shape index (κ1) is 19.1. The summed E-state index contributed by atoms with van der Waals surface area (Å²) in [5.41, 5.74) is 4.72. The van der Waals surface area contributed by atoms with E-state index in [1.165, 1.54) is 15.5 Å². The smallest absolute Gasteiger partial charge is 0.263 e. The summed E-state index contributed by atoms with van der Waals surface area (Å²) in [7, 11) is 0. The van der Waals surface area contributed by atoms with Crippen molar-refractivity contribution in [3.05, 3.63) is 65.0 Å². The van der Waals surface area contributed by atoms with Crippen LogP contribution in [-0.4, -0.2) is 39.0 Å². The summed E-state index contributed by atoms with van der Waals surface area (Å²) in [5.74, 6) is 0.00644. The van der Waals surface area contributed by atoms with Crippen LogP contribution >= 0.6 is 0 Å². The molecule has 5 rings (SSSR count). The Morgan fingerprint density at radius 1 is 0.968 bits per heavy atom. The standard InChI is InChI=1S/C22H20N6O3/c1-12-4-8-16(9-5-12)28-21(29)18-19(22(28)30)27(26-24-18)11-17-23-20(25-31-17)15-7-6-13(2)14(3)10-15/h4-10,18-19H,11H2,1-3H3/t18-,19-/m0/s1. The van der Waals surface area contributed by atoms with Crippen LogP contribution in [-0.2, 0) is 16.1 Å². The highest BCUT2D eigenvalue weighted by Crippen LogP contribution is 2.33. The number of hydrogen-bond donors (Lipinski definition) is 0. The molecule has 0 radical (unpaired) electrons.